The number of fused-ring (bicyclic) bond motifs is 3. The van der Waals surface area contributed by atoms with Gasteiger partial charge in [-0.15, -0.1) is 11.3 Å². The maximum Gasteiger partial charge on any atom is 0.320 e. The fourth-order valence-electron chi connectivity index (χ4n) is 6.85. The smallest absolute Gasteiger partial charge is 0.320 e. The number of nitrogens with two attached hydrogens (primary N) is 1. The standard InChI is InChI=1S/C30H28ClF3N6O2S/c1-14-7-16(11-37-14)42-28-18-8-20(31)23(17-3-4-21(33)26-22(17)19(10-35)27(36)43-26)24(34)25(18)38-29(39-28)41-13-30-5-2-6-40(30)12-15(32)9-30/h3-4,8,14-16,37H,2,5-7,9,11-13,36H2,1H3/t14-,15-,16+,30+/m1/s1. The second kappa shape index (κ2) is 10.7. The van der Waals surface area contributed by atoms with Crippen molar-refractivity contribution < 1.29 is 22.6 Å². The van der Waals surface area contributed by atoms with E-state index >= 15 is 4.39 Å². The number of nitriles is 1. The van der Waals surface area contributed by atoms with Gasteiger partial charge in [-0.25, -0.2) is 13.2 Å². The van der Waals surface area contributed by atoms with Crippen LogP contribution in [0.3, 0.4) is 0 Å². The third-order valence-corrected chi connectivity index (χ3v) is 10.2. The van der Waals surface area contributed by atoms with Crippen molar-refractivity contribution >= 4 is 48.9 Å². The van der Waals surface area contributed by atoms with Gasteiger partial charge in [0.05, 0.1) is 26.2 Å². The van der Waals surface area contributed by atoms with E-state index in [1.54, 1.807) is 0 Å². The van der Waals surface area contributed by atoms with E-state index in [4.69, 9.17) is 26.8 Å². The van der Waals surface area contributed by atoms with Crippen molar-refractivity contribution in [3.05, 3.63) is 40.4 Å². The van der Waals surface area contributed by atoms with Gasteiger partial charge in [0, 0.05) is 42.9 Å². The summed E-state index contributed by atoms with van der Waals surface area (Å²) in [7, 11) is 0. The Kier molecular flexibility index (Phi) is 7.04. The molecule has 0 saturated carbocycles. The molecular weight excluding hydrogens is 601 g/mol. The van der Waals surface area contributed by atoms with Crippen LogP contribution in [0.4, 0.5) is 18.2 Å². The minimum atomic E-state index is -0.934. The first-order valence-electron chi connectivity index (χ1n) is 14.2. The molecule has 13 heteroatoms. The number of rotatable bonds is 6. The summed E-state index contributed by atoms with van der Waals surface area (Å²) in [5, 5.41) is 13.7. The lowest BCUT2D eigenvalue weighted by molar-refractivity contribution is 0.106. The lowest BCUT2D eigenvalue weighted by Crippen LogP contribution is -2.43. The van der Waals surface area contributed by atoms with Crippen LogP contribution in [-0.4, -0.2) is 65.0 Å². The van der Waals surface area contributed by atoms with Crippen molar-refractivity contribution in [2.45, 2.75) is 56.5 Å². The Balaban J connectivity index is 1.37. The van der Waals surface area contributed by atoms with Crippen molar-refractivity contribution in [3.8, 4) is 29.1 Å². The summed E-state index contributed by atoms with van der Waals surface area (Å²) in [6.07, 6.45) is 1.64. The summed E-state index contributed by atoms with van der Waals surface area (Å²) < 4.78 is 58.3. The molecule has 3 saturated heterocycles. The van der Waals surface area contributed by atoms with Gasteiger partial charge in [0.25, 0.3) is 0 Å². The molecule has 7 rings (SSSR count). The average molecular weight is 629 g/mol. The SMILES string of the molecule is C[C@@H]1C[C@H](Oc2nc(OC[C@@]34CCCN3C[C@H](F)C4)nc3c(F)c(-c4ccc(F)c5sc(N)c(C#N)c45)c(Cl)cc23)CN1. The van der Waals surface area contributed by atoms with E-state index < -0.39 is 23.3 Å². The summed E-state index contributed by atoms with van der Waals surface area (Å²) in [6.45, 7) is 3.94. The highest BCUT2D eigenvalue weighted by atomic mass is 35.5. The van der Waals surface area contributed by atoms with Crippen LogP contribution >= 0.6 is 22.9 Å². The molecule has 43 heavy (non-hydrogen) atoms. The van der Waals surface area contributed by atoms with Gasteiger partial charge in [0.2, 0.25) is 5.88 Å². The third-order valence-electron chi connectivity index (χ3n) is 8.85. The minimum absolute atomic E-state index is 0.00651. The molecule has 2 aromatic carbocycles. The topological polar surface area (TPSA) is 109 Å². The van der Waals surface area contributed by atoms with Crippen LogP contribution in [0.15, 0.2) is 18.2 Å². The molecule has 2 aromatic heterocycles. The number of anilines is 1. The van der Waals surface area contributed by atoms with Gasteiger partial charge < -0.3 is 20.5 Å². The molecular formula is C30H28ClF3N6O2S. The van der Waals surface area contributed by atoms with Crippen LogP contribution in [0, 0.1) is 23.0 Å². The van der Waals surface area contributed by atoms with E-state index in [2.05, 4.69) is 20.2 Å². The predicted octanol–water partition coefficient (Wildman–Crippen LogP) is 5.98. The third kappa shape index (κ3) is 4.73. The zero-order valence-corrected chi connectivity index (χ0v) is 24.8. The van der Waals surface area contributed by atoms with Crippen LogP contribution in [0.2, 0.25) is 5.02 Å². The zero-order chi connectivity index (χ0) is 30.0. The number of hydrogen-bond acceptors (Lipinski definition) is 9. The Bertz CT molecular complexity index is 1820. The largest absolute Gasteiger partial charge is 0.472 e. The molecule has 3 N–H and O–H groups in total. The molecule has 0 radical (unpaired) electrons. The van der Waals surface area contributed by atoms with E-state index in [1.807, 2.05) is 13.0 Å². The first kappa shape index (κ1) is 28.4. The molecule has 8 nitrogen and oxygen atoms in total. The van der Waals surface area contributed by atoms with Gasteiger partial charge in [0.15, 0.2) is 5.82 Å². The molecule has 3 fully saturated rings. The molecule has 0 spiro atoms. The lowest BCUT2D eigenvalue weighted by Gasteiger charge is -2.30. The van der Waals surface area contributed by atoms with Gasteiger partial charge in [-0.05, 0) is 44.0 Å². The van der Waals surface area contributed by atoms with E-state index in [0.717, 1.165) is 37.1 Å². The second-order valence-electron chi connectivity index (χ2n) is 11.7. The quantitative estimate of drug-likeness (QED) is 0.268. The number of ether oxygens (including phenoxy) is 2. The van der Waals surface area contributed by atoms with Crippen LogP contribution in [0.5, 0.6) is 11.9 Å². The summed E-state index contributed by atoms with van der Waals surface area (Å²) in [5.41, 5.74) is 5.66. The normalized spacial score (nSPS) is 25.4. The van der Waals surface area contributed by atoms with Gasteiger partial charge >= 0.3 is 6.01 Å². The van der Waals surface area contributed by atoms with Crippen molar-refractivity contribution in [2.24, 2.45) is 0 Å². The van der Waals surface area contributed by atoms with E-state index in [9.17, 15) is 14.0 Å². The van der Waals surface area contributed by atoms with Crippen molar-refractivity contribution in [3.63, 3.8) is 0 Å². The number of halogens is 4. The van der Waals surface area contributed by atoms with Crippen molar-refractivity contribution in [1.29, 1.82) is 5.26 Å². The van der Waals surface area contributed by atoms with Crippen molar-refractivity contribution in [1.82, 2.24) is 20.2 Å². The number of nitrogens with one attached hydrogen (secondary N) is 1. The summed E-state index contributed by atoms with van der Waals surface area (Å²) in [5.74, 6) is -1.26. The molecule has 0 unspecified atom stereocenters. The monoisotopic (exact) mass is 628 g/mol. The summed E-state index contributed by atoms with van der Waals surface area (Å²) in [6, 6.07) is 6.23. The van der Waals surface area contributed by atoms with Crippen LogP contribution in [-0.2, 0) is 0 Å². The Morgan fingerprint density at radius 3 is 2.93 bits per heavy atom. The fourth-order valence-corrected chi connectivity index (χ4v) is 8.09. The minimum Gasteiger partial charge on any atom is -0.472 e. The summed E-state index contributed by atoms with van der Waals surface area (Å²) in [4.78, 5) is 11.1. The van der Waals surface area contributed by atoms with Crippen LogP contribution in [0.25, 0.3) is 32.1 Å². The fraction of sp³-hybridized carbons (Fsp3) is 0.433. The van der Waals surface area contributed by atoms with Crippen LogP contribution in [0.1, 0.15) is 38.2 Å². The van der Waals surface area contributed by atoms with Gasteiger partial charge in [-0.3, -0.25) is 4.90 Å². The van der Waals surface area contributed by atoms with Gasteiger partial charge in [-0.1, -0.05) is 17.7 Å². The van der Waals surface area contributed by atoms with Crippen molar-refractivity contribution in [2.75, 3.05) is 32.0 Å². The number of thiophene rings is 1. The van der Waals surface area contributed by atoms with Crippen LogP contribution < -0.4 is 20.5 Å². The molecule has 5 heterocycles. The highest BCUT2D eigenvalue weighted by Gasteiger charge is 2.49. The number of aromatic nitrogens is 2. The first-order valence-corrected chi connectivity index (χ1v) is 15.4. The Hall–Kier alpha value is -3.37. The predicted molar refractivity (Wildman–Crippen MR) is 159 cm³/mol. The Labute approximate surface area is 254 Å². The van der Waals surface area contributed by atoms with Gasteiger partial charge in [-0.2, -0.15) is 15.2 Å². The highest BCUT2D eigenvalue weighted by molar-refractivity contribution is 7.23. The van der Waals surface area contributed by atoms with E-state index in [0.29, 0.717) is 19.5 Å². The van der Waals surface area contributed by atoms with E-state index in [-0.39, 0.29) is 78.3 Å². The molecule has 0 amide bonds. The molecule has 0 bridgehead atoms. The molecule has 3 aliphatic heterocycles. The highest BCUT2D eigenvalue weighted by Crippen LogP contribution is 2.46. The molecule has 4 aromatic rings. The molecule has 4 atom stereocenters. The maximum atomic E-state index is 16.7. The number of nitrogen functional groups attached to an aromatic ring is 1. The number of nitrogens with zero attached hydrogens (tertiary/aromatic N) is 4. The number of hydrogen-bond donors (Lipinski definition) is 2. The Morgan fingerprint density at radius 1 is 1.33 bits per heavy atom. The number of benzene rings is 2. The molecule has 3 aliphatic rings. The second-order valence-corrected chi connectivity index (χ2v) is 13.1. The van der Waals surface area contributed by atoms with Gasteiger partial charge in [0.1, 0.15) is 41.3 Å². The first-order chi connectivity index (χ1) is 20.7. The van der Waals surface area contributed by atoms with E-state index in [1.165, 1.54) is 18.2 Å². The average Bonchev–Trinajstić information content (AvgIpc) is 3.71. The zero-order valence-electron chi connectivity index (χ0n) is 23.2. The Morgan fingerprint density at radius 2 is 2.16 bits per heavy atom. The summed E-state index contributed by atoms with van der Waals surface area (Å²) >= 11 is 7.63. The maximum absolute atomic E-state index is 16.7. The lowest BCUT2D eigenvalue weighted by atomic mass is 9.95. The molecule has 224 valence electrons. The molecule has 0 aliphatic carbocycles. The number of alkyl halides is 1.